The van der Waals surface area contributed by atoms with Crippen molar-refractivity contribution in [2.24, 2.45) is 0 Å². The molecule has 0 radical (unpaired) electrons. The van der Waals surface area contributed by atoms with E-state index in [2.05, 4.69) is 16.7 Å². The number of hydrogen-bond donors (Lipinski definition) is 2. The Morgan fingerprint density at radius 2 is 1.78 bits per heavy atom. The number of amides is 2. The van der Waals surface area contributed by atoms with Crippen LogP contribution in [0.3, 0.4) is 0 Å². The molecule has 0 saturated carbocycles. The average molecular weight is 402 g/mol. The van der Waals surface area contributed by atoms with Gasteiger partial charge in [-0.25, -0.2) is 0 Å². The first-order valence-corrected chi connectivity index (χ1v) is 10.00. The number of nitrogens with zero attached hydrogens (tertiary/aromatic N) is 1. The summed E-state index contributed by atoms with van der Waals surface area (Å²) in [6, 6.07) is 16.4. The number of halogens is 1. The average Bonchev–Trinajstić information content (AvgIpc) is 2.68. The van der Waals surface area contributed by atoms with Gasteiger partial charge in [-0.1, -0.05) is 41.9 Å². The van der Waals surface area contributed by atoms with Gasteiger partial charge in [-0.3, -0.25) is 9.59 Å². The molecular formula is C20H20ClN3O2S. The molecule has 0 heterocycles. The minimum Gasteiger partial charge on any atom is -0.355 e. The number of nitrogens with one attached hydrogen (secondary N) is 2. The second-order valence-electron chi connectivity index (χ2n) is 5.66. The SMILES string of the molecule is N#Cc1ccccc1CSCCNC(=O)CCNC(=O)c1ccccc1Cl. The molecule has 0 aliphatic rings. The Balaban J connectivity index is 1.59. The molecule has 2 aromatic carbocycles. The third-order valence-electron chi connectivity index (χ3n) is 3.72. The van der Waals surface area contributed by atoms with Crippen molar-refractivity contribution in [2.75, 3.05) is 18.8 Å². The highest BCUT2D eigenvalue weighted by Gasteiger charge is 2.09. The van der Waals surface area contributed by atoms with E-state index in [9.17, 15) is 9.59 Å². The molecule has 2 aromatic rings. The van der Waals surface area contributed by atoms with Crippen molar-refractivity contribution >= 4 is 35.2 Å². The van der Waals surface area contributed by atoms with Crippen LogP contribution < -0.4 is 10.6 Å². The van der Waals surface area contributed by atoms with Gasteiger partial charge in [0, 0.05) is 31.0 Å². The van der Waals surface area contributed by atoms with E-state index in [1.54, 1.807) is 42.1 Å². The summed E-state index contributed by atoms with van der Waals surface area (Å²) in [5, 5.41) is 14.9. The Hall–Kier alpha value is -2.49. The number of nitriles is 1. The number of carbonyl (C=O) groups is 2. The predicted octanol–water partition coefficient (Wildman–Crippen LogP) is 3.38. The molecule has 2 N–H and O–H groups in total. The minimum absolute atomic E-state index is 0.118. The van der Waals surface area contributed by atoms with E-state index in [1.165, 1.54) is 0 Å². The van der Waals surface area contributed by atoms with Crippen molar-refractivity contribution in [3.05, 3.63) is 70.2 Å². The summed E-state index contributed by atoms with van der Waals surface area (Å²) in [7, 11) is 0. The zero-order valence-corrected chi connectivity index (χ0v) is 16.3. The fraction of sp³-hybridized carbons (Fsp3) is 0.250. The van der Waals surface area contributed by atoms with Crippen LogP contribution in [-0.4, -0.2) is 30.7 Å². The first-order valence-electron chi connectivity index (χ1n) is 8.47. The molecule has 0 saturated heterocycles. The molecule has 0 atom stereocenters. The maximum atomic E-state index is 12.0. The predicted molar refractivity (Wildman–Crippen MR) is 109 cm³/mol. The molecular weight excluding hydrogens is 382 g/mol. The van der Waals surface area contributed by atoms with Crippen LogP contribution in [0.25, 0.3) is 0 Å². The summed E-state index contributed by atoms with van der Waals surface area (Å²) >= 11 is 7.62. The summed E-state index contributed by atoms with van der Waals surface area (Å²) in [6.07, 6.45) is 0.206. The molecule has 140 valence electrons. The van der Waals surface area contributed by atoms with Gasteiger partial charge in [0.2, 0.25) is 5.91 Å². The normalized spacial score (nSPS) is 10.1. The molecule has 5 nitrogen and oxygen atoms in total. The van der Waals surface area contributed by atoms with Crippen molar-refractivity contribution < 1.29 is 9.59 Å². The Kier molecular flexibility index (Phi) is 8.69. The van der Waals surface area contributed by atoms with E-state index in [4.69, 9.17) is 16.9 Å². The molecule has 0 aliphatic heterocycles. The van der Waals surface area contributed by atoms with Crippen LogP contribution in [-0.2, 0) is 10.5 Å². The zero-order chi connectivity index (χ0) is 19.5. The van der Waals surface area contributed by atoms with Gasteiger partial charge >= 0.3 is 0 Å². The molecule has 0 unspecified atom stereocenters. The number of hydrogen-bond acceptors (Lipinski definition) is 4. The monoisotopic (exact) mass is 401 g/mol. The van der Waals surface area contributed by atoms with Gasteiger partial charge in [0.25, 0.3) is 5.91 Å². The zero-order valence-electron chi connectivity index (χ0n) is 14.7. The van der Waals surface area contributed by atoms with Gasteiger partial charge in [0.1, 0.15) is 0 Å². The number of benzene rings is 2. The van der Waals surface area contributed by atoms with E-state index in [0.29, 0.717) is 22.7 Å². The van der Waals surface area contributed by atoms with Crippen LogP contribution >= 0.6 is 23.4 Å². The smallest absolute Gasteiger partial charge is 0.252 e. The maximum Gasteiger partial charge on any atom is 0.252 e. The van der Waals surface area contributed by atoms with Gasteiger partial charge in [-0.2, -0.15) is 17.0 Å². The second-order valence-corrected chi connectivity index (χ2v) is 7.17. The quantitative estimate of drug-likeness (QED) is 0.631. The highest BCUT2D eigenvalue weighted by Crippen LogP contribution is 2.15. The van der Waals surface area contributed by atoms with Crippen molar-refractivity contribution in [2.45, 2.75) is 12.2 Å². The Bertz CT molecular complexity index is 836. The first kappa shape index (κ1) is 20.8. The Morgan fingerprint density at radius 1 is 1.04 bits per heavy atom. The third kappa shape index (κ3) is 6.97. The summed E-state index contributed by atoms with van der Waals surface area (Å²) in [4.78, 5) is 23.8. The Labute approximate surface area is 168 Å². The van der Waals surface area contributed by atoms with E-state index >= 15 is 0 Å². The van der Waals surface area contributed by atoms with Crippen molar-refractivity contribution in [1.82, 2.24) is 10.6 Å². The van der Waals surface area contributed by atoms with E-state index < -0.39 is 0 Å². The van der Waals surface area contributed by atoms with E-state index in [0.717, 1.165) is 17.1 Å². The van der Waals surface area contributed by atoms with Crippen LogP contribution in [0, 0.1) is 11.3 Å². The fourth-order valence-corrected chi connectivity index (χ4v) is 3.40. The van der Waals surface area contributed by atoms with Crippen LogP contribution in [0.15, 0.2) is 48.5 Å². The number of carbonyl (C=O) groups excluding carboxylic acids is 2. The van der Waals surface area contributed by atoms with Crippen molar-refractivity contribution in [3.63, 3.8) is 0 Å². The standard InChI is InChI=1S/C20H20ClN3O2S/c21-18-8-4-3-7-17(18)20(26)24-10-9-19(25)23-11-12-27-14-16-6-2-1-5-15(16)13-22/h1-8H,9-12,14H2,(H,23,25)(H,24,26). The lowest BCUT2D eigenvalue weighted by Gasteiger charge is -2.08. The lowest BCUT2D eigenvalue weighted by Crippen LogP contribution is -2.31. The molecule has 0 aliphatic carbocycles. The summed E-state index contributed by atoms with van der Waals surface area (Å²) < 4.78 is 0. The maximum absolute atomic E-state index is 12.0. The molecule has 0 aromatic heterocycles. The largest absolute Gasteiger partial charge is 0.355 e. The highest BCUT2D eigenvalue weighted by molar-refractivity contribution is 7.98. The van der Waals surface area contributed by atoms with Gasteiger partial charge in [-0.05, 0) is 23.8 Å². The molecule has 27 heavy (non-hydrogen) atoms. The second kappa shape index (κ2) is 11.3. The molecule has 0 spiro atoms. The lowest BCUT2D eigenvalue weighted by molar-refractivity contribution is -0.120. The van der Waals surface area contributed by atoms with Crippen molar-refractivity contribution in [3.8, 4) is 6.07 Å². The Morgan fingerprint density at radius 3 is 2.56 bits per heavy atom. The van der Waals surface area contributed by atoms with Gasteiger partial charge in [0.05, 0.1) is 22.2 Å². The first-order chi connectivity index (χ1) is 13.1. The lowest BCUT2D eigenvalue weighted by atomic mass is 10.1. The van der Waals surface area contributed by atoms with Gasteiger partial charge in [-0.15, -0.1) is 0 Å². The third-order valence-corrected chi connectivity index (χ3v) is 5.06. The van der Waals surface area contributed by atoms with Crippen LogP contribution in [0.1, 0.15) is 27.9 Å². The minimum atomic E-state index is -0.292. The van der Waals surface area contributed by atoms with E-state index in [-0.39, 0.29) is 24.8 Å². The highest BCUT2D eigenvalue weighted by atomic mass is 35.5. The molecule has 2 amide bonds. The molecule has 0 bridgehead atoms. The molecule has 0 fully saturated rings. The van der Waals surface area contributed by atoms with Gasteiger partial charge in [0.15, 0.2) is 0 Å². The summed E-state index contributed by atoms with van der Waals surface area (Å²) in [5.41, 5.74) is 2.08. The van der Waals surface area contributed by atoms with Gasteiger partial charge < -0.3 is 10.6 Å². The van der Waals surface area contributed by atoms with Crippen LogP contribution in [0.2, 0.25) is 5.02 Å². The summed E-state index contributed by atoms with van der Waals surface area (Å²) in [6.45, 7) is 0.787. The number of thioether (sulfide) groups is 1. The van der Waals surface area contributed by atoms with Crippen molar-refractivity contribution in [1.29, 1.82) is 5.26 Å². The van der Waals surface area contributed by atoms with Crippen LogP contribution in [0.5, 0.6) is 0 Å². The summed E-state index contributed by atoms with van der Waals surface area (Å²) in [5.74, 6) is 1.07. The molecule has 2 rings (SSSR count). The van der Waals surface area contributed by atoms with E-state index in [1.807, 2.05) is 18.2 Å². The molecule has 7 heteroatoms. The fourth-order valence-electron chi connectivity index (χ4n) is 2.32. The van der Waals surface area contributed by atoms with Crippen LogP contribution in [0.4, 0.5) is 0 Å². The topological polar surface area (TPSA) is 82.0 Å². The number of rotatable bonds is 9.